The smallest absolute Gasteiger partial charge is 0.334 e. The van der Waals surface area contributed by atoms with E-state index in [1.165, 1.54) is 6.92 Å². The Bertz CT molecular complexity index is 265. The maximum atomic E-state index is 11.2. The van der Waals surface area contributed by atoms with Gasteiger partial charge in [0.25, 0.3) is 0 Å². The highest BCUT2D eigenvalue weighted by Crippen LogP contribution is 2.30. The van der Waals surface area contributed by atoms with Crippen molar-refractivity contribution in [3.05, 3.63) is 11.6 Å². The fourth-order valence-electron chi connectivity index (χ4n) is 1.64. The highest BCUT2D eigenvalue weighted by atomic mass is 16.5. The van der Waals surface area contributed by atoms with Gasteiger partial charge in [0.05, 0.1) is 0 Å². The lowest BCUT2D eigenvalue weighted by atomic mass is 9.92. The van der Waals surface area contributed by atoms with E-state index in [-0.39, 0.29) is 23.8 Å². The van der Waals surface area contributed by atoms with E-state index in [0.29, 0.717) is 12.0 Å². The van der Waals surface area contributed by atoms with Crippen LogP contribution < -0.4 is 0 Å². The number of esters is 1. The molecule has 0 aliphatic carbocycles. The summed E-state index contributed by atoms with van der Waals surface area (Å²) in [5.41, 5.74) is 0.641. The van der Waals surface area contributed by atoms with Crippen LogP contribution in [0.1, 0.15) is 27.2 Å². The molecule has 0 aromatic heterocycles. The maximum absolute atomic E-state index is 11.2. The highest BCUT2D eigenvalue weighted by Gasteiger charge is 2.36. The van der Waals surface area contributed by atoms with Crippen molar-refractivity contribution in [2.45, 2.75) is 33.3 Å². The molecule has 0 radical (unpaired) electrons. The average molecular weight is 182 g/mol. The number of allylic oxidation sites excluding steroid dienone is 1. The summed E-state index contributed by atoms with van der Waals surface area (Å²) in [6.07, 6.45) is 1.97. The van der Waals surface area contributed by atoms with Crippen LogP contribution in [0.15, 0.2) is 11.6 Å². The summed E-state index contributed by atoms with van der Waals surface area (Å²) >= 11 is 0. The molecule has 0 aromatic rings. The van der Waals surface area contributed by atoms with Crippen LogP contribution in [0.2, 0.25) is 0 Å². The lowest BCUT2D eigenvalue weighted by Crippen LogP contribution is -2.15. The van der Waals surface area contributed by atoms with Crippen molar-refractivity contribution in [2.24, 2.45) is 5.92 Å². The van der Waals surface area contributed by atoms with Crippen molar-refractivity contribution in [1.82, 2.24) is 0 Å². The molecule has 1 fully saturated rings. The summed E-state index contributed by atoms with van der Waals surface area (Å²) in [6.45, 7) is 5.15. The second kappa shape index (κ2) is 3.73. The Labute approximate surface area is 77.8 Å². The number of hydrogen-bond donors (Lipinski definition) is 0. The molecule has 1 saturated heterocycles. The van der Waals surface area contributed by atoms with Crippen molar-refractivity contribution in [3.63, 3.8) is 0 Å². The number of carbonyl (C=O) groups is 2. The van der Waals surface area contributed by atoms with E-state index in [0.717, 1.165) is 0 Å². The number of cyclic esters (lactones) is 1. The van der Waals surface area contributed by atoms with Gasteiger partial charge in [0.2, 0.25) is 0 Å². The van der Waals surface area contributed by atoms with Gasteiger partial charge in [-0.05, 0) is 20.8 Å². The molecule has 0 bridgehead atoms. The predicted octanol–water partition coefficient (Wildman–Crippen LogP) is 1.47. The third-order valence-corrected chi connectivity index (χ3v) is 2.31. The minimum atomic E-state index is -0.277. The Balaban J connectivity index is 2.81. The summed E-state index contributed by atoms with van der Waals surface area (Å²) < 4.78 is 5.02. The van der Waals surface area contributed by atoms with Crippen molar-refractivity contribution in [1.29, 1.82) is 0 Å². The van der Waals surface area contributed by atoms with Gasteiger partial charge in [-0.15, -0.1) is 0 Å². The summed E-state index contributed by atoms with van der Waals surface area (Å²) in [7, 11) is 0. The Morgan fingerprint density at radius 3 is 2.69 bits per heavy atom. The minimum Gasteiger partial charge on any atom is -0.459 e. The molecular formula is C10H14O3. The molecule has 0 N–H and O–H groups in total. The van der Waals surface area contributed by atoms with Crippen LogP contribution in [-0.4, -0.2) is 17.9 Å². The Morgan fingerprint density at radius 2 is 2.23 bits per heavy atom. The average Bonchev–Trinajstić information content (AvgIpc) is 2.26. The Morgan fingerprint density at radius 1 is 1.62 bits per heavy atom. The monoisotopic (exact) mass is 182 g/mol. The summed E-state index contributed by atoms with van der Waals surface area (Å²) in [5, 5.41) is 0. The van der Waals surface area contributed by atoms with Gasteiger partial charge in [0.15, 0.2) is 0 Å². The van der Waals surface area contributed by atoms with Crippen molar-refractivity contribution < 1.29 is 14.3 Å². The third kappa shape index (κ3) is 1.97. The number of hydrogen-bond acceptors (Lipinski definition) is 3. The SMILES string of the molecule is C/C=C1\C(=O)O[C@H](C)[C@H]1CC(C)=O. The van der Waals surface area contributed by atoms with E-state index < -0.39 is 0 Å². The maximum Gasteiger partial charge on any atom is 0.334 e. The number of carbonyl (C=O) groups excluding carboxylic acids is 2. The molecule has 13 heavy (non-hydrogen) atoms. The van der Waals surface area contributed by atoms with Gasteiger partial charge in [-0.3, -0.25) is 0 Å². The zero-order chi connectivity index (χ0) is 10.0. The molecule has 2 atom stereocenters. The molecule has 0 aromatic carbocycles. The minimum absolute atomic E-state index is 0.0463. The van der Waals surface area contributed by atoms with Gasteiger partial charge in [-0.1, -0.05) is 6.08 Å². The first kappa shape index (κ1) is 9.96. The number of rotatable bonds is 2. The molecule has 1 rings (SSSR count). The van der Waals surface area contributed by atoms with Gasteiger partial charge in [0.1, 0.15) is 11.9 Å². The standard InChI is InChI=1S/C10H14O3/c1-4-8-9(5-6(2)11)7(3)13-10(8)12/h4,7,9H,5H2,1-3H3/b8-4-/t7-,9-/m1/s1. The molecule has 0 amide bonds. The van der Waals surface area contributed by atoms with Crippen LogP contribution in [-0.2, 0) is 14.3 Å². The van der Waals surface area contributed by atoms with E-state index in [4.69, 9.17) is 4.74 Å². The first-order valence-corrected chi connectivity index (χ1v) is 4.43. The largest absolute Gasteiger partial charge is 0.459 e. The molecule has 72 valence electrons. The van der Waals surface area contributed by atoms with E-state index in [9.17, 15) is 9.59 Å². The molecule has 0 spiro atoms. The van der Waals surface area contributed by atoms with Gasteiger partial charge in [-0.25, -0.2) is 4.79 Å². The second-order valence-electron chi connectivity index (χ2n) is 3.37. The Kier molecular flexibility index (Phi) is 2.86. The fraction of sp³-hybridized carbons (Fsp3) is 0.600. The summed E-state index contributed by atoms with van der Waals surface area (Å²) in [4.78, 5) is 22.1. The molecular weight excluding hydrogens is 168 g/mol. The van der Waals surface area contributed by atoms with Gasteiger partial charge < -0.3 is 9.53 Å². The normalized spacial score (nSPS) is 30.7. The van der Waals surface area contributed by atoms with Crippen molar-refractivity contribution in [3.8, 4) is 0 Å². The zero-order valence-electron chi connectivity index (χ0n) is 8.16. The quantitative estimate of drug-likeness (QED) is 0.480. The molecule has 3 heteroatoms. The summed E-state index contributed by atoms with van der Waals surface area (Å²) in [6, 6.07) is 0. The summed E-state index contributed by atoms with van der Waals surface area (Å²) in [5.74, 6) is -0.231. The topological polar surface area (TPSA) is 43.4 Å². The first-order chi connectivity index (χ1) is 6.06. The van der Waals surface area contributed by atoms with Crippen LogP contribution in [0.25, 0.3) is 0 Å². The molecule has 0 unspecified atom stereocenters. The second-order valence-corrected chi connectivity index (χ2v) is 3.37. The number of ether oxygens (including phenoxy) is 1. The van der Waals surface area contributed by atoms with E-state index >= 15 is 0 Å². The first-order valence-electron chi connectivity index (χ1n) is 4.43. The van der Waals surface area contributed by atoms with E-state index in [1.807, 2.05) is 6.92 Å². The van der Waals surface area contributed by atoms with E-state index in [1.54, 1.807) is 13.0 Å². The third-order valence-electron chi connectivity index (χ3n) is 2.31. The molecule has 1 aliphatic rings. The number of Topliss-reactive ketones (excluding diaryl/α,β-unsaturated/α-hetero) is 1. The predicted molar refractivity (Wildman–Crippen MR) is 48.1 cm³/mol. The van der Waals surface area contributed by atoms with Gasteiger partial charge in [-0.2, -0.15) is 0 Å². The molecule has 0 saturated carbocycles. The van der Waals surface area contributed by atoms with Gasteiger partial charge >= 0.3 is 5.97 Å². The van der Waals surface area contributed by atoms with Gasteiger partial charge in [0, 0.05) is 17.9 Å². The fourth-order valence-corrected chi connectivity index (χ4v) is 1.64. The molecule has 3 nitrogen and oxygen atoms in total. The van der Waals surface area contributed by atoms with Crippen molar-refractivity contribution >= 4 is 11.8 Å². The van der Waals surface area contributed by atoms with Crippen LogP contribution >= 0.6 is 0 Å². The van der Waals surface area contributed by atoms with Crippen molar-refractivity contribution in [2.75, 3.05) is 0 Å². The molecule has 1 aliphatic heterocycles. The van der Waals surface area contributed by atoms with Crippen LogP contribution in [0.3, 0.4) is 0 Å². The lowest BCUT2D eigenvalue weighted by molar-refractivity contribution is -0.138. The van der Waals surface area contributed by atoms with Crippen LogP contribution in [0, 0.1) is 5.92 Å². The lowest BCUT2D eigenvalue weighted by Gasteiger charge is -2.10. The Hall–Kier alpha value is -1.12. The van der Waals surface area contributed by atoms with E-state index in [2.05, 4.69) is 0 Å². The number of ketones is 1. The molecule has 1 heterocycles. The van der Waals surface area contributed by atoms with Crippen LogP contribution in [0.5, 0.6) is 0 Å². The zero-order valence-corrected chi connectivity index (χ0v) is 8.16. The highest BCUT2D eigenvalue weighted by molar-refractivity contribution is 5.92. The van der Waals surface area contributed by atoms with Crippen LogP contribution in [0.4, 0.5) is 0 Å².